The zero-order chi connectivity index (χ0) is 14.8. The third kappa shape index (κ3) is 3.25. The summed E-state index contributed by atoms with van der Waals surface area (Å²) >= 11 is 5.77. The van der Waals surface area contributed by atoms with Crippen LogP contribution < -0.4 is 0 Å². The van der Waals surface area contributed by atoms with Gasteiger partial charge in [0.2, 0.25) is 0 Å². The molecule has 0 radical (unpaired) electrons. The van der Waals surface area contributed by atoms with Gasteiger partial charge in [0.25, 0.3) is 0 Å². The molecule has 0 saturated heterocycles. The van der Waals surface area contributed by atoms with Crippen LogP contribution in [0.1, 0.15) is 39.3 Å². The minimum absolute atomic E-state index is 0.0496. The Morgan fingerprint density at radius 3 is 2.53 bits per heavy atom. The summed E-state index contributed by atoms with van der Waals surface area (Å²) in [5.74, 6) is -1.37. The Balaban J connectivity index is 3.11. The smallest absolute Gasteiger partial charge is 0.323 e. The molecule has 1 aromatic carbocycles. The Hall–Kier alpha value is -1.13. The number of likely N-dealkylation sites (N-methyl/N-ethyl adjacent to an activating group) is 1. The van der Waals surface area contributed by atoms with E-state index in [1.165, 1.54) is 6.07 Å². The predicted octanol–water partition coefficient (Wildman–Crippen LogP) is 3.73. The first-order valence-corrected chi connectivity index (χ1v) is 6.54. The molecule has 1 N–H and O–H groups in total. The molecule has 3 nitrogen and oxygen atoms in total. The van der Waals surface area contributed by atoms with Crippen molar-refractivity contribution in [1.29, 1.82) is 0 Å². The largest absolute Gasteiger partial charge is 0.480 e. The van der Waals surface area contributed by atoms with Gasteiger partial charge in [-0.05, 0) is 45.0 Å². The molecule has 0 bridgehead atoms. The van der Waals surface area contributed by atoms with Crippen LogP contribution in [0, 0.1) is 5.82 Å². The second kappa shape index (κ2) is 5.88. The van der Waals surface area contributed by atoms with Crippen molar-refractivity contribution in [2.24, 2.45) is 0 Å². The zero-order valence-electron chi connectivity index (χ0n) is 11.6. The van der Waals surface area contributed by atoms with Crippen LogP contribution in [0.3, 0.4) is 0 Å². The van der Waals surface area contributed by atoms with Gasteiger partial charge >= 0.3 is 5.97 Å². The van der Waals surface area contributed by atoms with Crippen molar-refractivity contribution in [3.05, 3.63) is 34.6 Å². The predicted molar refractivity (Wildman–Crippen MR) is 73.9 cm³/mol. The van der Waals surface area contributed by atoms with E-state index < -0.39 is 17.3 Å². The molecule has 19 heavy (non-hydrogen) atoms. The number of nitrogens with zero attached hydrogens (tertiary/aromatic N) is 1. The van der Waals surface area contributed by atoms with Gasteiger partial charge < -0.3 is 5.11 Å². The van der Waals surface area contributed by atoms with Crippen molar-refractivity contribution in [2.75, 3.05) is 6.54 Å². The summed E-state index contributed by atoms with van der Waals surface area (Å²) in [4.78, 5) is 13.2. The Bertz CT molecular complexity index is 477. The molecule has 0 aliphatic heterocycles. The second-order valence-electron chi connectivity index (χ2n) is 5.00. The van der Waals surface area contributed by atoms with Crippen molar-refractivity contribution in [3.8, 4) is 0 Å². The molecule has 1 unspecified atom stereocenters. The third-order valence-electron chi connectivity index (χ3n) is 3.48. The van der Waals surface area contributed by atoms with Crippen LogP contribution in [-0.2, 0) is 4.79 Å². The van der Waals surface area contributed by atoms with Crippen molar-refractivity contribution >= 4 is 17.6 Å². The highest BCUT2D eigenvalue weighted by Gasteiger charge is 2.36. The summed E-state index contributed by atoms with van der Waals surface area (Å²) < 4.78 is 13.2. The number of rotatable bonds is 5. The average Bonchev–Trinajstić information content (AvgIpc) is 2.32. The highest BCUT2D eigenvalue weighted by atomic mass is 35.5. The van der Waals surface area contributed by atoms with Crippen molar-refractivity contribution in [3.63, 3.8) is 0 Å². The van der Waals surface area contributed by atoms with E-state index in [9.17, 15) is 14.3 Å². The molecule has 0 heterocycles. The number of hydrogen-bond acceptors (Lipinski definition) is 2. The molecular formula is C14H19ClFNO2. The standard InChI is InChI=1S/C14H19ClFNO2/c1-5-17(14(3,4)13(18)19)9(2)10-6-7-12(16)11(15)8-10/h6-9H,5H2,1-4H3,(H,18,19). The summed E-state index contributed by atoms with van der Waals surface area (Å²) in [5.41, 5.74) is -0.211. The van der Waals surface area contributed by atoms with Crippen LogP contribution in [0.5, 0.6) is 0 Å². The summed E-state index contributed by atoms with van der Waals surface area (Å²) in [6.45, 7) is 7.65. The Morgan fingerprint density at radius 2 is 2.11 bits per heavy atom. The van der Waals surface area contributed by atoms with Crippen LogP contribution in [-0.4, -0.2) is 28.1 Å². The number of carbonyl (C=O) groups is 1. The van der Waals surface area contributed by atoms with E-state index in [-0.39, 0.29) is 11.1 Å². The lowest BCUT2D eigenvalue weighted by atomic mass is 9.97. The first kappa shape index (κ1) is 15.9. The van der Waals surface area contributed by atoms with Gasteiger partial charge in [-0.25, -0.2) is 4.39 Å². The Labute approximate surface area is 118 Å². The van der Waals surface area contributed by atoms with E-state index in [0.29, 0.717) is 6.54 Å². The van der Waals surface area contributed by atoms with Gasteiger partial charge in [0.05, 0.1) is 5.02 Å². The number of aliphatic carboxylic acids is 1. The van der Waals surface area contributed by atoms with E-state index in [0.717, 1.165) is 5.56 Å². The first-order chi connectivity index (χ1) is 8.71. The van der Waals surface area contributed by atoms with Crippen molar-refractivity contribution in [2.45, 2.75) is 39.3 Å². The van der Waals surface area contributed by atoms with Crippen LogP contribution >= 0.6 is 11.6 Å². The number of benzene rings is 1. The van der Waals surface area contributed by atoms with Gasteiger partial charge in [0.15, 0.2) is 0 Å². The van der Waals surface area contributed by atoms with Crippen LogP contribution in [0.15, 0.2) is 18.2 Å². The van der Waals surface area contributed by atoms with E-state index in [4.69, 9.17) is 11.6 Å². The molecule has 1 atom stereocenters. The normalized spacial score (nSPS) is 13.6. The van der Waals surface area contributed by atoms with Crippen LogP contribution in [0.2, 0.25) is 5.02 Å². The quantitative estimate of drug-likeness (QED) is 0.897. The van der Waals surface area contributed by atoms with Gasteiger partial charge in [-0.1, -0.05) is 24.6 Å². The highest BCUT2D eigenvalue weighted by molar-refractivity contribution is 6.30. The average molecular weight is 288 g/mol. The molecule has 0 amide bonds. The number of carboxylic acid groups (broad SMARTS) is 1. The van der Waals surface area contributed by atoms with E-state index in [1.807, 2.05) is 18.7 Å². The SMILES string of the molecule is CCN(C(C)c1ccc(F)c(Cl)c1)C(C)(C)C(=O)O. The van der Waals surface area contributed by atoms with E-state index >= 15 is 0 Å². The fourth-order valence-electron chi connectivity index (χ4n) is 2.23. The molecule has 106 valence electrons. The van der Waals surface area contributed by atoms with Gasteiger partial charge in [-0.15, -0.1) is 0 Å². The number of halogens is 2. The second-order valence-corrected chi connectivity index (χ2v) is 5.41. The number of hydrogen-bond donors (Lipinski definition) is 1. The fourth-order valence-corrected chi connectivity index (χ4v) is 2.42. The van der Waals surface area contributed by atoms with Crippen LogP contribution in [0.25, 0.3) is 0 Å². The van der Waals surface area contributed by atoms with Gasteiger partial charge in [0.1, 0.15) is 11.4 Å². The van der Waals surface area contributed by atoms with Crippen molar-refractivity contribution in [1.82, 2.24) is 4.90 Å². The summed E-state index contributed by atoms with van der Waals surface area (Å²) in [6.07, 6.45) is 0. The first-order valence-electron chi connectivity index (χ1n) is 6.16. The summed E-state index contributed by atoms with van der Waals surface area (Å²) in [7, 11) is 0. The van der Waals surface area contributed by atoms with Crippen LogP contribution in [0.4, 0.5) is 4.39 Å². The Morgan fingerprint density at radius 1 is 1.53 bits per heavy atom. The topological polar surface area (TPSA) is 40.5 Å². The lowest BCUT2D eigenvalue weighted by Gasteiger charge is -2.39. The molecule has 1 rings (SSSR count). The maximum Gasteiger partial charge on any atom is 0.323 e. The molecule has 0 spiro atoms. The zero-order valence-corrected chi connectivity index (χ0v) is 12.3. The Kier molecular flexibility index (Phi) is 4.93. The lowest BCUT2D eigenvalue weighted by Crippen LogP contribution is -2.51. The summed E-state index contributed by atoms with van der Waals surface area (Å²) in [6, 6.07) is 4.30. The lowest BCUT2D eigenvalue weighted by molar-refractivity contribution is -0.150. The molecule has 0 aromatic heterocycles. The molecule has 1 aromatic rings. The minimum atomic E-state index is -1.00. The molecule has 0 aliphatic carbocycles. The third-order valence-corrected chi connectivity index (χ3v) is 3.77. The molecule has 0 fully saturated rings. The summed E-state index contributed by atoms with van der Waals surface area (Å²) in [5, 5.41) is 9.36. The van der Waals surface area contributed by atoms with Crippen molar-refractivity contribution < 1.29 is 14.3 Å². The molecule has 0 aliphatic rings. The monoisotopic (exact) mass is 287 g/mol. The van der Waals surface area contributed by atoms with Gasteiger partial charge in [-0.2, -0.15) is 0 Å². The van der Waals surface area contributed by atoms with Gasteiger partial charge in [0, 0.05) is 6.04 Å². The van der Waals surface area contributed by atoms with Gasteiger partial charge in [-0.3, -0.25) is 9.69 Å². The highest BCUT2D eigenvalue weighted by Crippen LogP contribution is 2.30. The molecule has 0 saturated carbocycles. The maximum atomic E-state index is 13.2. The molecule has 5 heteroatoms. The van der Waals surface area contributed by atoms with E-state index in [2.05, 4.69) is 0 Å². The van der Waals surface area contributed by atoms with E-state index in [1.54, 1.807) is 26.0 Å². The molecular weight excluding hydrogens is 269 g/mol. The minimum Gasteiger partial charge on any atom is -0.480 e. The fraction of sp³-hybridized carbons (Fsp3) is 0.500. The number of carboxylic acids is 1. The maximum absolute atomic E-state index is 13.2.